The van der Waals surface area contributed by atoms with Gasteiger partial charge in [-0.2, -0.15) is 0 Å². The fourth-order valence-electron chi connectivity index (χ4n) is 4.43. The number of hydrogen-bond donors (Lipinski definition) is 0. The standard InChI is InChI=1S/C20H28N4O2S2/c1-15-13-22-20(27-15)24-11-7-17(8-12-24)16-5-9-23(10-6-16)19-4-3-18(14-21-19)28(2,25)26/h3-4,13-14,16-17H,5-12H2,1-2H3. The molecular formula is C20H28N4O2S2. The first-order valence-corrected chi connectivity index (χ1v) is 12.7. The number of hydrogen-bond acceptors (Lipinski definition) is 7. The summed E-state index contributed by atoms with van der Waals surface area (Å²) in [4.78, 5) is 15.2. The normalized spacial score (nSPS) is 19.9. The predicted octanol–water partition coefficient (Wildman–Crippen LogP) is 3.38. The van der Waals surface area contributed by atoms with E-state index in [1.807, 2.05) is 12.3 Å². The van der Waals surface area contributed by atoms with Crippen LogP contribution in [0.2, 0.25) is 0 Å². The number of anilines is 2. The lowest BCUT2D eigenvalue weighted by Gasteiger charge is -2.40. The molecule has 2 aliphatic heterocycles. The third-order valence-corrected chi connectivity index (χ3v) is 8.17. The highest BCUT2D eigenvalue weighted by molar-refractivity contribution is 7.90. The van der Waals surface area contributed by atoms with E-state index in [1.54, 1.807) is 17.4 Å². The van der Waals surface area contributed by atoms with Crippen LogP contribution in [0.25, 0.3) is 0 Å². The van der Waals surface area contributed by atoms with Crippen molar-refractivity contribution in [1.82, 2.24) is 9.97 Å². The summed E-state index contributed by atoms with van der Waals surface area (Å²) in [5.74, 6) is 2.48. The van der Waals surface area contributed by atoms with Crippen molar-refractivity contribution in [2.45, 2.75) is 37.5 Å². The number of pyridine rings is 1. The summed E-state index contributed by atoms with van der Waals surface area (Å²) >= 11 is 1.79. The summed E-state index contributed by atoms with van der Waals surface area (Å²) in [6, 6.07) is 3.50. The Labute approximate surface area is 171 Å². The molecule has 0 spiro atoms. The Hall–Kier alpha value is -1.67. The van der Waals surface area contributed by atoms with Crippen LogP contribution in [-0.4, -0.2) is 50.8 Å². The fraction of sp³-hybridized carbons (Fsp3) is 0.600. The Morgan fingerprint density at radius 1 is 0.929 bits per heavy atom. The highest BCUT2D eigenvalue weighted by Crippen LogP contribution is 2.35. The van der Waals surface area contributed by atoms with Crippen LogP contribution in [0.5, 0.6) is 0 Å². The van der Waals surface area contributed by atoms with E-state index in [1.165, 1.54) is 48.1 Å². The monoisotopic (exact) mass is 420 g/mol. The third-order valence-electron chi connectivity index (χ3n) is 6.10. The van der Waals surface area contributed by atoms with Gasteiger partial charge < -0.3 is 9.80 Å². The molecule has 2 fully saturated rings. The van der Waals surface area contributed by atoms with Crippen molar-refractivity contribution in [3.8, 4) is 0 Å². The molecule has 0 atom stereocenters. The molecule has 8 heteroatoms. The Morgan fingerprint density at radius 3 is 2.00 bits per heavy atom. The van der Waals surface area contributed by atoms with Crippen molar-refractivity contribution in [1.29, 1.82) is 0 Å². The van der Waals surface area contributed by atoms with Gasteiger partial charge in [-0.3, -0.25) is 0 Å². The van der Waals surface area contributed by atoms with Crippen LogP contribution in [0, 0.1) is 18.8 Å². The molecule has 28 heavy (non-hydrogen) atoms. The second-order valence-electron chi connectivity index (χ2n) is 8.03. The fourth-order valence-corrected chi connectivity index (χ4v) is 5.80. The zero-order valence-electron chi connectivity index (χ0n) is 16.5. The van der Waals surface area contributed by atoms with Crippen molar-refractivity contribution in [3.05, 3.63) is 29.4 Å². The molecule has 0 amide bonds. The topological polar surface area (TPSA) is 66.4 Å². The number of nitrogens with zero attached hydrogens (tertiary/aromatic N) is 4. The summed E-state index contributed by atoms with van der Waals surface area (Å²) in [6.45, 7) is 6.35. The van der Waals surface area contributed by atoms with E-state index in [2.05, 4.69) is 26.7 Å². The van der Waals surface area contributed by atoms with Gasteiger partial charge >= 0.3 is 0 Å². The molecule has 4 rings (SSSR count). The van der Waals surface area contributed by atoms with Gasteiger partial charge in [0.2, 0.25) is 0 Å². The first-order chi connectivity index (χ1) is 13.4. The minimum Gasteiger partial charge on any atom is -0.357 e. The molecule has 2 aliphatic rings. The van der Waals surface area contributed by atoms with Gasteiger partial charge in [0.25, 0.3) is 0 Å². The average molecular weight is 421 g/mol. The molecule has 0 aromatic carbocycles. The molecule has 152 valence electrons. The van der Waals surface area contributed by atoms with Crippen LogP contribution in [0.15, 0.2) is 29.4 Å². The number of piperidine rings is 2. The molecule has 0 bridgehead atoms. The van der Waals surface area contributed by atoms with Crippen molar-refractivity contribution in [2.75, 3.05) is 42.2 Å². The Bertz CT molecular complexity index is 895. The van der Waals surface area contributed by atoms with Crippen LogP contribution in [0.4, 0.5) is 10.9 Å². The first kappa shape index (κ1) is 19.6. The average Bonchev–Trinajstić information content (AvgIpc) is 3.14. The van der Waals surface area contributed by atoms with Crippen LogP contribution in [0.3, 0.4) is 0 Å². The van der Waals surface area contributed by atoms with Crippen molar-refractivity contribution in [3.63, 3.8) is 0 Å². The molecule has 2 aromatic rings. The molecule has 0 N–H and O–H groups in total. The zero-order valence-corrected chi connectivity index (χ0v) is 18.2. The number of sulfone groups is 1. The maximum atomic E-state index is 11.6. The van der Waals surface area contributed by atoms with Gasteiger partial charge in [0.15, 0.2) is 15.0 Å². The first-order valence-electron chi connectivity index (χ1n) is 9.98. The van der Waals surface area contributed by atoms with Gasteiger partial charge in [-0.15, -0.1) is 11.3 Å². The lowest BCUT2D eigenvalue weighted by molar-refractivity contribution is 0.232. The summed E-state index contributed by atoms with van der Waals surface area (Å²) in [6.07, 6.45) is 9.56. The van der Waals surface area contributed by atoms with Crippen LogP contribution in [-0.2, 0) is 9.84 Å². The van der Waals surface area contributed by atoms with Gasteiger partial charge in [0, 0.05) is 49.7 Å². The lowest BCUT2D eigenvalue weighted by Crippen LogP contribution is -2.41. The van der Waals surface area contributed by atoms with Crippen molar-refractivity contribution >= 4 is 32.1 Å². The third kappa shape index (κ3) is 4.33. The highest BCUT2D eigenvalue weighted by atomic mass is 32.2. The van der Waals surface area contributed by atoms with E-state index in [9.17, 15) is 8.42 Å². The molecule has 0 unspecified atom stereocenters. The second kappa shape index (κ2) is 7.99. The van der Waals surface area contributed by atoms with Crippen molar-refractivity contribution < 1.29 is 8.42 Å². The quantitative estimate of drug-likeness (QED) is 0.755. The van der Waals surface area contributed by atoms with Crippen LogP contribution >= 0.6 is 11.3 Å². The van der Waals surface area contributed by atoms with Gasteiger partial charge in [0.05, 0.1) is 4.90 Å². The molecule has 2 saturated heterocycles. The summed E-state index contributed by atoms with van der Waals surface area (Å²) in [5, 5.41) is 1.18. The number of aryl methyl sites for hydroxylation is 1. The predicted molar refractivity (Wildman–Crippen MR) is 114 cm³/mol. The van der Waals surface area contributed by atoms with E-state index >= 15 is 0 Å². The number of rotatable bonds is 4. The molecule has 0 saturated carbocycles. The number of aromatic nitrogens is 2. The van der Waals surface area contributed by atoms with Crippen molar-refractivity contribution in [2.24, 2.45) is 11.8 Å². The molecule has 4 heterocycles. The summed E-state index contributed by atoms with van der Waals surface area (Å²) in [5.41, 5.74) is 0. The van der Waals surface area contributed by atoms with Crippen LogP contribution in [0.1, 0.15) is 30.6 Å². The van der Waals surface area contributed by atoms with E-state index in [0.717, 1.165) is 43.8 Å². The highest BCUT2D eigenvalue weighted by Gasteiger charge is 2.30. The van der Waals surface area contributed by atoms with E-state index in [4.69, 9.17) is 0 Å². The van der Waals surface area contributed by atoms with Gasteiger partial charge in [-0.1, -0.05) is 0 Å². The molecular weight excluding hydrogens is 392 g/mol. The maximum Gasteiger partial charge on any atom is 0.185 e. The molecule has 0 aliphatic carbocycles. The Morgan fingerprint density at radius 2 is 1.54 bits per heavy atom. The largest absolute Gasteiger partial charge is 0.357 e. The molecule has 6 nitrogen and oxygen atoms in total. The summed E-state index contributed by atoms with van der Waals surface area (Å²) in [7, 11) is -3.19. The lowest BCUT2D eigenvalue weighted by atomic mass is 9.79. The minimum absolute atomic E-state index is 0.285. The van der Waals surface area contributed by atoms with Gasteiger partial charge in [0.1, 0.15) is 5.82 Å². The smallest absolute Gasteiger partial charge is 0.185 e. The van der Waals surface area contributed by atoms with Gasteiger partial charge in [-0.05, 0) is 56.6 Å². The zero-order chi connectivity index (χ0) is 19.7. The van der Waals surface area contributed by atoms with E-state index in [-0.39, 0.29) is 4.90 Å². The van der Waals surface area contributed by atoms with E-state index < -0.39 is 9.84 Å². The minimum atomic E-state index is -3.19. The van der Waals surface area contributed by atoms with E-state index in [0.29, 0.717) is 0 Å². The maximum absolute atomic E-state index is 11.6. The Kier molecular flexibility index (Phi) is 5.60. The molecule has 2 aromatic heterocycles. The molecule has 0 radical (unpaired) electrons. The number of thiazole rings is 1. The van der Waals surface area contributed by atoms with Crippen LogP contribution < -0.4 is 9.80 Å². The SMILES string of the molecule is Cc1cnc(N2CCC(C3CCN(c4ccc(S(C)(=O)=O)cn4)CC3)CC2)s1. The summed E-state index contributed by atoms with van der Waals surface area (Å²) < 4.78 is 23.2. The van der Waals surface area contributed by atoms with Gasteiger partial charge in [-0.25, -0.2) is 18.4 Å². The Balaban J connectivity index is 1.29. The second-order valence-corrected chi connectivity index (χ2v) is 11.3.